The monoisotopic (exact) mass is 174 g/mol. The van der Waals surface area contributed by atoms with Crippen molar-refractivity contribution in [1.82, 2.24) is 9.97 Å². The third-order valence-corrected chi connectivity index (χ3v) is 2.02. The van der Waals surface area contributed by atoms with Gasteiger partial charge in [0.15, 0.2) is 0 Å². The van der Waals surface area contributed by atoms with E-state index in [1.165, 1.54) is 0 Å². The molecule has 1 heterocycles. The average Bonchev–Trinajstić information content (AvgIpc) is 1.82. The van der Waals surface area contributed by atoms with Gasteiger partial charge >= 0.3 is 0 Å². The van der Waals surface area contributed by atoms with Crippen molar-refractivity contribution in [1.29, 1.82) is 0 Å². The lowest BCUT2D eigenvalue weighted by Crippen LogP contribution is -1.92. The Morgan fingerprint density at radius 1 is 1.20 bits per heavy atom. The topological polar surface area (TPSA) is 25.8 Å². The van der Waals surface area contributed by atoms with Crippen LogP contribution in [0.3, 0.4) is 0 Å². The summed E-state index contributed by atoms with van der Waals surface area (Å²) < 4.78 is 0. The van der Waals surface area contributed by atoms with Crippen LogP contribution >= 0.6 is 24.2 Å². The Morgan fingerprint density at radius 2 is 1.60 bits per heavy atom. The first-order valence-electron chi connectivity index (χ1n) is 2.81. The van der Waals surface area contributed by atoms with E-state index in [1.54, 1.807) is 0 Å². The molecule has 10 heavy (non-hydrogen) atoms. The smallest absolute Gasteiger partial charge is 0.222 e. The van der Waals surface area contributed by atoms with Crippen molar-refractivity contribution in [3.63, 3.8) is 0 Å². The summed E-state index contributed by atoms with van der Waals surface area (Å²) >= 11 is 9.74. The molecule has 0 aliphatic carbocycles. The molecule has 0 aliphatic heterocycles. The number of nitrogens with zero attached hydrogens (tertiary/aromatic N) is 2. The Balaban J connectivity index is 3.31. The van der Waals surface area contributed by atoms with E-state index in [-0.39, 0.29) is 5.28 Å². The van der Waals surface area contributed by atoms with Gasteiger partial charge in [0.1, 0.15) is 0 Å². The summed E-state index contributed by atoms with van der Waals surface area (Å²) in [6.07, 6.45) is 0. The van der Waals surface area contributed by atoms with Crippen molar-refractivity contribution in [2.45, 2.75) is 18.7 Å². The molecule has 0 saturated heterocycles. The van der Waals surface area contributed by atoms with Gasteiger partial charge in [-0.25, -0.2) is 9.97 Å². The molecular formula is C6H7ClN2S. The Morgan fingerprint density at radius 3 is 2.00 bits per heavy atom. The predicted octanol–water partition coefficient (Wildman–Crippen LogP) is 2.04. The van der Waals surface area contributed by atoms with E-state index in [0.29, 0.717) is 0 Å². The minimum atomic E-state index is 0.285. The molecule has 1 aromatic heterocycles. The summed E-state index contributed by atoms with van der Waals surface area (Å²) in [6, 6.07) is 0. The highest BCUT2D eigenvalue weighted by atomic mass is 35.5. The van der Waals surface area contributed by atoms with Crippen LogP contribution in [-0.4, -0.2) is 9.97 Å². The molecule has 0 N–H and O–H groups in total. The summed E-state index contributed by atoms with van der Waals surface area (Å²) in [7, 11) is 0. The molecule has 0 radical (unpaired) electrons. The van der Waals surface area contributed by atoms with Crippen LogP contribution in [0.1, 0.15) is 11.4 Å². The summed E-state index contributed by atoms with van der Waals surface area (Å²) in [5, 5.41) is 0.285. The maximum absolute atomic E-state index is 5.57. The first-order valence-corrected chi connectivity index (χ1v) is 3.63. The van der Waals surface area contributed by atoms with E-state index >= 15 is 0 Å². The fraction of sp³-hybridized carbons (Fsp3) is 0.333. The predicted molar refractivity (Wildman–Crippen MR) is 43.8 cm³/mol. The molecule has 1 rings (SSSR count). The number of aromatic nitrogens is 2. The van der Waals surface area contributed by atoms with Gasteiger partial charge in [0.25, 0.3) is 0 Å². The van der Waals surface area contributed by atoms with E-state index < -0.39 is 0 Å². The van der Waals surface area contributed by atoms with Gasteiger partial charge in [-0.2, -0.15) is 0 Å². The molecule has 54 valence electrons. The van der Waals surface area contributed by atoms with Crippen LogP contribution in [0.4, 0.5) is 0 Å². The second-order valence-corrected chi connectivity index (χ2v) is 2.80. The third-order valence-electron chi connectivity index (χ3n) is 1.21. The molecule has 0 spiro atoms. The van der Waals surface area contributed by atoms with E-state index in [2.05, 4.69) is 22.6 Å². The molecule has 0 atom stereocenters. The molecule has 0 unspecified atom stereocenters. The van der Waals surface area contributed by atoms with Crippen molar-refractivity contribution in [2.24, 2.45) is 0 Å². The quantitative estimate of drug-likeness (QED) is 0.481. The number of rotatable bonds is 0. The largest absolute Gasteiger partial charge is 0.222 e. The summed E-state index contributed by atoms with van der Waals surface area (Å²) in [6.45, 7) is 3.70. The first-order chi connectivity index (χ1) is 4.61. The zero-order chi connectivity index (χ0) is 7.72. The lowest BCUT2D eigenvalue weighted by atomic mass is 10.4. The van der Waals surface area contributed by atoms with Crippen LogP contribution in [-0.2, 0) is 0 Å². The van der Waals surface area contributed by atoms with Gasteiger partial charge in [-0.3, -0.25) is 0 Å². The van der Waals surface area contributed by atoms with Crippen molar-refractivity contribution in [2.75, 3.05) is 0 Å². The lowest BCUT2D eigenvalue weighted by molar-refractivity contribution is 0.977. The molecule has 1 aromatic rings. The van der Waals surface area contributed by atoms with Gasteiger partial charge in [-0.05, 0) is 25.4 Å². The molecule has 2 nitrogen and oxygen atoms in total. The van der Waals surface area contributed by atoms with E-state index in [9.17, 15) is 0 Å². The van der Waals surface area contributed by atoms with Gasteiger partial charge in [0, 0.05) is 4.90 Å². The minimum absolute atomic E-state index is 0.285. The Hall–Kier alpha value is -0.280. The van der Waals surface area contributed by atoms with Crippen molar-refractivity contribution in [3.05, 3.63) is 16.7 Å². The number of aryl methyl sites for hydroxylation is 2. The standard InChI is InChI=1S/C6H7ClN2S/c1-3-5(10)4(2)9-6(7)8-3/h10H,1-2H3. The average molecular weight is 175 g/mol. The Bertz CT molecular complexity index is 239. The lowest BCUT2D eigenvalue weighted by Gasteiger charge is -2.00. The molecule has 0 amide bonds. The molecular weight excluding hydrogens is 168 g/mol. The highest BCUT2D eigenvalue weighted by Gasteiger charge is 2.01. The van der Waals surface area contributed by atoms with Crippen LogP contribution in [0.15, 0.2) is 4.90 Å². The zero-order valence-corrected chi connectivity index (χ0v) is 7.37. The van der Waals surface area contributed by atoms with Crippen LogP contribution in [0.25, 0.3) is 0 Å². The highest BCUT2D eigenvalue weighted by Crippen LogP contribution is 2.15. The van der Waals surface area contributed by atoms with Gasteiger partial charge < -0.3 is 0 Å². The number of hydrogen-bond donors (Lipinski definition) is 1. The van der Waals surface area contributed by atoms with E-state index in [4.69, 9.17) is 11.6 Å². The SMILES string of the molecule is Cc1nc(Cl)nc(C)c1S. The molecule has 0 fully saturated rings. The maximum Gasteiger partial charge on any atom is 0.222 e. The zero-order valence-electron chi connectivity index (χ0n) is 5.72. The highest BCUT2D eigenvalue weighted by molar-refractivity contribution is 7.80. The van der Waals surface area contributed by atoms with Gasteiger partial charge in [-0.15, -0.1) is 12.6 Å². The van der Waals surface area contributed by atoms with E-state index in [0.717, 1.165) is 16.3 Å². The molecule has 0 aromatic carbocycles. The van der Waals surface area contributed by atoms with Gasteiger partial charge in [0.05, 0.1) is 11.4 Å². The minimum Gasteiger partial charge on any atom is -0.222 e. The van der Waals surface area contributed by atoms with Crippen molar-refractivity contribution >= 4 is 24.2 Å². The summed E-state index contributed by atoms with van der Waals surface area (Å²) in [4.78, 5) is 8.63. The normalized spacial score (nSPS) is 10.0. The molecule has 0 saturated carbocycles. The van der Waals surface area contributed by atoms with Crippen molar-refractivity contribution < 1.29 is 0 Å². The van der Waals surface area contributed by atoms with Crippen LogP contribution < -0.4 is 0 Å². The van der Waals surface area contributed by atoms with Crippen LogP contribution in [0.2, 0.25) is 5.28 Å². The summed E-state index contributed by atoms with van der Waals surface area (Å²) in [5.41, 5.74) is 1.64. The van der Waals surface area contributed by atoms with Crippen LogP contribution in [0.5, 0.6) is 0 Å². The molecule has 4 heteroatoms. The number of hydrogen-bond acceptors (Lipinski definition) is 3. The fourth-order valence-corrected chi connectivity index (χ4v) is 1.02. The van der Waals surface area contributed by atoms with E-state index in [1.807, 2.05) is 13.8 Å². The fourth-order valence-electron chi connectivity index (χ4n) is 0.669. The van der Waals surface area contributed by atoms with Crippen molar-refractivity contribution in [3.8, 4) is 0 Å². The summed E-state index contributed by atoms with van der Waals surface area (Å²) in [5.74, 6) is 0. The Labute approximate surface area is 70.1 Å². The van der Waals surface area contributed by atoms with Gasteiger partial charge in [0.2, 0.25) is 5.28 Å². The second-order valence-electron chi connectivity index (χ2n) is 2.01. The van der Waals surface area contributed by atoms with Crippen LogP contribution in [0, 0.1) is 13.8 Å². The second kappa shape index (κ2) is 2.76. The van der Waals surface area contributed by atoms with Gasteiger partial charge in [-0.1, -0.05) is 0 Å². The number of halogens is 1. The molecule has 0 bridgehead atoms. The maximum atomic E-state index is 5.57. The first kappa shape index (κ1) is 7.82. The third kappa shape index (κ3) is 1.41. The number of thiol groups is 1. The Kier molecular flexibility index (Phi) is 2.16. The molecule has 0 aliphatic rings.